The van der Waals surface area contributed by atoms with Crippen LogP contribution in [0.5, 0.6) is 0 Å². The van der Waals surface area contributed by atoms with Crippen LogP contribution in [0, 0.1) is 5.92 Å². The van der Waals surface area contributed by atoms with Crippen molar-refractivity contribution in [3.8, 4) is 0 Å². The van der Waals surface area contributed by atoms with E-state index >= 15 is 0 Å². The van der Waals surface area contributed by atoms with Gasteiger partial charge in [-0.1, -0.05) is 6.08 Å². The lowest BCUT2D eigenvalue weighted by molar-refractivity contribution is -0.130. The molecule has 0 spiro atoms. The quantitative estimate of drug-likeness (QED) is 0.406. The van der Waals surface area contributed by atoms with Crippen molar-refractivity contribution in [2.45, 2.75) is 25.8 Å². The smallest absolute Gasteiger partial charge is 0.224 e. The van der Waals surface area contributed by atoms with Gasteiger partial charge in [0.1, 0.15) is 0 Å². The number of allylic oxidation sites excluding steroid dienone is 1. The zero-order chi connectivity index (χ0) is 14.0. The number of hydrogen-bond donors (Lipinski definition) is 4. The minimum atomic E-state index is -0.500. The fourth-order valence-corrected chi connectivity index (χ4v) is 1.41. The van der Waals surface area contributed by atoms with Gasteiger partial charge in [0.2, 0.25) is 11.8 Å². The summed E-state index contributed by atoms with van der Waals surface area (Å²) in [6, 6.07) is -0.331. The maximum Gasteiger partial charge on any atom is 0.224 e. The minimum Gasteiger partial charge on any atom is -0.395 e. The SMILES string of the molecule is C=CCC(CC(=O)NC(C)CO)C(=O)NCCO. The van der Waals surface area contributed by atoms with Gasteiger partial charge in [0.15, 0.2) is 0 Å². The van der Waals surface area contributed by atoms with E-state index in [4.69, 9.17) is 10.2 Å². The summed E-state index contributed by atoms with van der Waals surface area (Å²) < 4.78 is 0. The predicted molar refractivity (Wildman–Crippen MR) is 67.7 cm³/mol. The van der Waals surface area contributed by atoms with E-state index in [0.717, 1.165) is 0 Å². The summed E-state index contributed by atoms with van der Waals surface area (Å²) in [7, 11) is 0. The molecule has 0 aromatic rings. The van der Waals surface area contributed by atoms with Crippen LogP contribution in [0.15, 0.2) is 12.7 Å². The van der Waals surface area contributed by atoms with E-state index in [9.17, 15) is 9.59 Å². The normalized spacial score (nSPS) is 13.5. The standard InChI is InChI=1S/C12H22N2O4/c1-3-4-10(12(18)13-5-6-15)7-11(17)14-9(2)8-16/h3,9-10,15-16H,1,4-8H2,2H3,(H,13,18)(H,14,17). The summed E-state index contributed by atoms with van der Waals surface area (Å²) in [5.74, 6) is -1.07. The fourth-order valence-electron chi connectivity index (χ4n) is 1.41. The molecule has 6 heteroatoms. The molecule has 2 unspecified atom stereocenters. The Morgan fingerprint density at radius 2 is 2.06 bits per heavy atom. The van der Waals surface area contributed by atoms with Crippen LogP contribution in [-0.4, -0.2) is 47.8 Å². The van der Waals surface area contributed by atoms with Crippen molar-refractivity contribution in [1.29, 1.82) is 0 Å². The third-order valence-corrected chi connectivity index (χ3v) is 2.35. The number of amides is 2. The Morgan fingerprint density at radius 1 is 1.39 bits per heavy atom. The third kappa shape index (κ3) is 7.03. The maximum absolute atomic E-state index is 11.7. The van der Waals surface area contributed by atoms with Crippen molar-refractivity contribution in [3.63, 3.8) is 0 Å². The lowest BCUT2D eigenvalue weighted by Gasteiger charge is -2.16. The lowest BCUT2D eigenvalue weighted by atomic mass is 9.99. The molecule has 0 heterocycles. The second-order valence-corrected chi connectivity index (χ2v) is 4.09. The molecule has 2 amide bonds. The number of aliphatic hydroxyl groups is 2. The number of carbonyl (C=O) groups is 2. The second kappa shape index (κ2) is 9.61. The van der Waals surface area contributed by atoms with Crippen LogP contribution in [0.1, 0.15) is 19.8 Å². The first-order chi connectivity index (χ1) is 8.54. The topological polar surface area (TPSA) is 98.7 Å². The monoisotopic (exact) mass is 258 g/mol. The molecule has 0 saturated carbocycles. The average Bonchev–Trinajstić information content (AvgIpc) is 2.35. The molecule has 104 valence electrons. The maximum atomic E-state index is 11.7. The van der Waals surface area contributed by atoms with Crippen LogP contribution in [0.25, 0.3) is 0 Å². The molecule has 0 rings (SSSR count). The molecule has 0 aromatic heterocycles. The predicted octanol–water partition coefficient (Wildman–Crippen LogP) is -0.826. The zero-order valence-electron chi connectivity index (χ0n) is 10.7. The van der Waals surface area contributed by atoms with Gasteiger partial charge in [-0.15, -0.1) is 6.58 Å². The molecule has 18 heavy (non-hydrogen) atoms. The molecule has 0 fully saturated rings. The van der Waals surface area contributed by atoms with Gasteiger partial charge in [-0.3, -0.25) is 9.59 Å². The zero-order valence-corrected chi connectivity index (χ0v) is 10.7. The van der Waals surface area contributed by atoms with E-state index in [1.165, 1.54) is 0 Å². The van der Waals surface area contributed by atoms with Crippen molar-refractivity contribution in [2.24, 2.45) is 5.92 Å². The molecule has 0 aromatic carbocycles. The highest BCUT2D eigenvalue weighted by molar-refractivity contribution is 5.86. The van der Waals surface area contributed by atoms with Crippen LogP contribution in [0.3, 0.4) is 0 Å². The number of hydrogen-bond acceptors (Lipinski definition) is 4. The Hall–Kier alpha value is -1.40. The van der Waals surface area contributed by atoms with Crippen molar-refractivity contribution >= 4 is 11.8 Å². The Bertz CT molecular complexity index is 281. The van der Waals surface area contributed by atoms with Gasteiger partial charge in [0, 0.05) is 19.0 Å². The molecule has 0 aliphatic heterocycles. The van der Waals surface area contributed by atoms with Crippen molar-refractivity contribution in [2.75, 3.05) is 19.8 Å². The molecule has 6 nitrogen and oxygen atoms in total. The Morgan fingerprint density at radius 3 is 2.56 bits per heavy atom. The number of aliphatic hydroxyl groups excluding tert-OH is 2. The highest BCUT2D eigenvalue weighted by Gasteiger charge is 2.20. The fraction of sp³-hybridized carbons (Fsp3) is 0.667. The highest BCUT2D eigenvalue weighted by Crippen LogP contribution is 2.09. The van der Waals surface area contributed by atoms with Crippen LogP contribution >= 0.6 is 0 Å². The Kier molecular flexibility index (Phi) is 8.86. The third-order valence-electron chi connectivity index (χ3n) is 2.35. The molecule has 0 aliphatic carbocycles. The van der Waals surface area contributed by atoms with Gasteiger partial charge in [-0.2, -0.15) is 0 Å². The lowest BCUT2D eigenvalue weighted by Crippen LogP contribution is -2.39. The summed E-state index contributed by atoms with van der Waals surface area (Å²) >= 11 is 0. The summed E-state index contributed by atoms with van der Waals surface area (Å²) in [5, 5.41) is 22.5. The van der Waals surface area contributed by atoms with Gasteiger partial charge in [0.25, 0.3) is 0 Å². The van der Waals surface area contributed by atoms with Crippen molar-refractivity contribution in [3.05, 3.63) is 12.7 Å². The van der Waals surface area contributed by atoms with Gasteiger partial charge in [-0.05, 0) is 13.3 Å². The average molecular weight is 258 g/mol. The molecule has 0 bridgehead atoms. The minimum absolute atomic E-state index is 0.0353. The number of carbonyl (C=O) groups excluding carboxylic acids is 2. The largest absolute Gasteiger partial charge is 0.395 e. The van der Waals surface area contributed by atoms with Crippen molar-refractivity contribution < 1.29 is 19.8 Å². The molecule has 2 atom stereocenters. The molecular weight excluding hydrogens is 236 g/mol. The van der Waals surface area contributed by atoms with E-state index in [2.05, 4.69) is 17.2 Å². The van der Waals surface area contributed by atoms with Gasteiger partial charge in [-0.25, -0.2) is 0 Å². The first kappa shape index (κ1) is 16.6. The summed E-state index contributed by atoms with van der Waals surface area (Å²) in [5.41, 5.74) is 0. The van der Waals surface area contributed by atoms with Crippen LogP contribution in [0.2, 0.25) is 0 Å². The van der Waals surface area contributed by atoms with E-state index in [1.807, 2.05) is 0 Å². The Labute approximate surface area is 107 Å². The first-order valence-corrected chi connectivity index (χ1v) is 5.94. The summed E-state index contributed by atoms with van der Waals surface area (Å²) in [6.45, 7) is 5.10. The first-order valence-electron chi connectivity index (χ1n) is 5.94. The van der Waals surface area contributed by atoms with Crippen LogP contribution < -0.4 is 10.6 Å². The highest BCUT2D eigenvalue weighted by atomic mass is 16.3. The van der Waals surface area contributed by atoms with E-state index in [-0.39, 0.29) is 44.0 Å². The van der Waals surface area contributed by atoms with Crippen LogP contribution in [-0.2, 0) is 9.59 Å². The molecule has 0 radical (unpaired) electrons. The molecule has 0 saturated heterocycles. The van der Waals surface area contributed by atoms with Gasteiger partial charge in [0.05, 0.1) is 19.1 Å². The van der Waals surface area contributed by atoms with E-state index in [0.29, 0.717) is 6.42 Å². The number of rotatable bonds is 9. The van der Waals surface area contributed by atoms with Gasteiger partial charge < -0.3 is 20.8 Å². The Balaban J connectivity index is 4.29. The van der Waals surface area contributed by atoms with Crippen LogP contribution in [0.4, 0.5) is 0 Å². The van der Waals surface area contributed by atoms with E-state index < -0.39 is 5.92 Å². The molecule has 4 N–H and O–H groups in total. The summed E-state index contributed by atoms with van der Waals surface area (Å²) in [6.07, 6.45) is 2.00. The van der Waals surface area contributed by atoms with Crippen molar-refractivity contribution in [1.82, 2.24) is 10.6 Å². The van der Waals surface area contributed by atoms with E-state index in [1.54, 1.807) is 13.0 Å². The second-order valence-electron chi connectivity index (χ2n) is 4.09. The van der Waals surface area contributed by atoms with Gasteiger partial charge >= 0.3 is 0 Å². The molecular formula is C12H22N2O4. The number of nitrogens with one attached hydrogen (secondary N) is 2. The molecule has 0 aliphatic rings. The summed E-state index contributed by atoms with van der Waals surface area (Å²) in [4.78, 5) is 23.3.